The third-order valence-electron chi connectivity index (χ3n) is 3.75. The zero-order valence-electron chi connectivity index (χ0n) is 15.6. The molecule has 0 radical (unpaired) electrons. The Kier molecular flexibility index (Phi) is 6.65. The molecule has 1 N–H and O–H groups in total. The Labute approximate surface area is 167 Å². The number of carbonyl (C=O) groups excluding carboxylic acids is 1. The number of thioether (sulfide) groups is 1. The van der Waals surface area contributed by atoms with E-state index in [9.17, 15) is 4.79 Å². The van der Waals surface area contributed by atoms with Gasteiger partial charge in [0.2, 0.25) is 5.13 Å². The average Bonchev–Trinajstić information content (AvgIpc) is 3.29. The van der Waals surface area contributed by atoms with Crippen LogP contribution < -0.4 is 5.32 Å². The lowest BCUT2D eigenvalue weighted by Crippen LogP contribution is -2.14. The first-order chi connectivity index (χ1) is 13.0. The highest BCUT2D eigenvalue weighted by atomic mass is 32.2. The van der Waals surface area contributed by atoms with Gasteiger partial charge in [0.1, 0.15) is 10.8 Å². The summed E-state index contributed by atoms with van der Waals surface area (Å²) in [6.07, 6.45) is 0.807. The number of hydrogen-bond acceptors (Lipinski definition) is 7. The molecule has 142 valence electrons. The first-order valence-corrected chi connectivity index (χ1v) is 10.4. The van der Waals surface area contributed by atoms with Gasteiger partial charge in [0.15, 0.2) is 5.76 Å². The van der Waals surface area contributed by atoms with Crippen LogP contribution in [0.3, 0.4) is 0 Å². The van der Waals surface area contributed by atoms with Crippen molar-refractivity contribution in [1.82, 2.24) is 15.1 Å². The lowest BCUT2D eigenvalue weighted by atomic mass is 10.2. The van der Waals surface area contributed by atoms with Crippen molar-refractivity contribution >= 4 is 34.1 Å². The molecule has 2 heterocycles. The minimum Gasteiger partial charge on any atom is -0.455 e. The van der Waals surface area contributed by atoms with Gasteiger partial charge in [-0.1, -0.05) is 29.0 Å². The van der Waals surface area contributed by atoms with Gasteiger partial charge in [-0.05, 0) is 45.3 Å². The van der Waals surface area contributed by atoms with E-state index in [1.807, 2.05) is 20.2 Å². The average molecular weight is 403 g/mol. The minimum atomic E-state index is -0.308. The fraction of sp³-hybridized carbons (Fsp3) is 0.316. The first-order valence-electron chi connectivity index (χ1n) is 8.56. The third kappa shape index (κ3) is 5.92. The summed E-state index contributed by atoms with van der Waals surface area (Å²) in [6, 6.07) is 11.9. The second-order valence-corrected chi connectivity index (χ2v) is 8.49. The number of nitrogens with one attached hydrogen (secondary N) is 1. The van der Waals surface area contributed by atoms with Gasteiger partial charge in [-0.3, -0.25) is 10.1 Å². The number of aromatic nitrogens is 2. The van der Waals surface area contributed by atoms with Crippen molar-refractivity contribution in [3.05, 3.63) is 58.5 Å². The topological polar surface area (TPSA) is 71.3 Å². The maximum atomic E-state index is 12.3. The van der Waals surface area contributed by atoms with Crippen LogP contribution in [-0.2, 0) is 12.2 Å². The molecule has 2 aromatic heterocycles. The van der Waals surface area contributed by atoms with Crippen LogP contribution in [0.4, 0.5) is 5.13 Å². The summed E-state index contributed by atoms with van der Waals surface area (Å²) >= 11 is 3.06. The standard InChI is InChI=1S/C19H22N4O2S2/c1-13-4-7-15(8-5-13)26-12-14-6-9-16(25-14)18(24)20-19-22-21-17(27-19)10-11-23(2)3/h4-9H,10-12H2,1-3H3,(H,20,22,24). The number of likely N-dealkylation sites (N-methyl/N-ethyl adjacent to an activating group) is 1. The van der Waals surface area contributed by atoms with E-state index in [4.69, 9.17) is 4.42 Å². The molecule has 0 aliphatic carbocycles. The van der Waals surface area contributed by atoms with Crippen LogP contribution >= 0.6 is 23.1 Å². The molecule has 8 heteroatoms. The van der Waals surface area contributed by atoms with Gasteiger partial charge in [0.05, 0.1) is 5.75 Å². The van der Waals surface area contributed by atoms with Crippen molar-refractivity contribution in [3.63, 3.8) is 0 Å². The van der Waals surface area contributed by atoms with Crippen LogP contribution in [0, 0.1) is 6.92 Å². The number of hydrogen-bond donors (Lipinski definition) is 1. The summed E-state index contributed by atoms with van der Waals surface area (Å²) in [4.78, 5) is 15.6. The molecular weight excluding hydrogens is 380 g/mol. The van der Waals surface area contributed by atoms with Crippen LogP contribution in [0.2, 0.25) is 0 Å². The summed E-state index contributed by atoms with van der Waals surface area (Å²) in [5.41, 5.74) is 1.23. The number of carbonyl (C=O) groups is 1. The van der Waals surface area contributed by atoms with Crippen LogP contribution in [0.15, 0.2) is 45.7 Å². The lowest BCUT2D eigenvalue weighted by molar-refractivity contribution is 0.0995. The molecule has 0 unspecified atom stereocenters. The highest BCUT2D eigenvalue weighted by Crippen LogP contribution is 2.24. The Morgan fingerprint density at radius 2 is 1.96 bits per heavy atom. The number of rotatable bonds is 8. The van der Waals surface area contributed by atoms with Gasteiger partial charge >= 0.3 is 0 Å². The zero-order chi connectivity index (χ0) is 19.2. The normalized spacial score (nSPS) is 11.1. The third-order valence-corrected chi connectivity index (χ3v) is 5.68. The molecule has 27 heavy (non-hydrogen) atoms. The van der Waals surface area contributed by atoms with Gasteiger partial charge in [-0.15, -0.1) is 22.0 Å². The highest BCUT2D eigenvalue weighted by Gasteiger charge is 2.14. The molecular formula is C19H22N4O2S2. The van der Waals surface area contributed by atoms with E-state index in [0.717, 1.165) is 23.7 Å². The van der Waals surface area contributed by atoms with Crippen LogP contribution in [-0.4, -0.2) is 41.6 Å². The predicted octanol–water partition coefficient (Wildman–Crippen LogP) is 4.09. The van der Waals surface area contributed by atoms with E-state index in [1.165, 1.54) is 21.8 Å². The van der Waals surface area contributed by atoms with Gasteiger partial charge in [0, 0.05) is 17.9 Å². The lowest BCUT2D eigenvalue weighted by Gasteiger charge is -2.05. The summed E-state index contributed by atoms with van der Waals surface area (Å²) in [6.45, 7) is 2.96. The summed E-state index contributed by atoms with van der Waals surface area (Å²) in [5.74, 6) is 1.40. The molecule has 3 rings (SSSR count). The maximum Gasteiger partial charge on any atom is 0.293 e. The van der Waals surface area contributed by atoms with Crippen LogP contribution in [0.5, 0.6) is 0 Å². The number of furan rings is 1. The van der Waals surface area contributed by atoms with Crippen molar-refractivity contribution in [3.8, 4) is 0 Å². The fourth-order valence-corrected chi connectivity index (χ4v) is 3.77. The van der Waals surface area contributed by atoms with Crippen LogP contribution in [0.1, 0.15) is 26.9 Å². The molecule has 6 nitrogen and oxygen atoms in total. The minimum absolute atomic E-state index is 0.277. The zero-order valence-corrected chi connectivity index (χ0v) is 17.2. The quantitative estimate of drug-likeness (QED) is 0.572. The van der Waals surface area contributed by atoms with Crippen molar-refractivity contribution in [2.24, 2.45) is 0 Å². The molecule has 0 aliphatic heterocycles. The molecule has 1 amide bonds. The van der Waals surface area contributed by atoms with E-state index in [2.05, 4.69) is 51.6 Å². The SMILES string of the molecule is Cc1ccc(SCc2ccc(C(=O)Nc3nnc(CCN(C)C)s3)o2)cc1. The van der Waals surface area contributed by atoms with Crippen molar-refractivity contribution in [2.75, 3.05) is 26.0 Å². The van der Waals surface area contributed by atoms with Gasteiger partial charge < -0.3 is 9.32 Å². The molecule has 0 bridgehead atoms. The van der Waals surface area contributed by atoms with Crippen molar-refractivity contribution < 1.29 is 9.21 Å². The molecule has 0 spiro atoms. The van der Waals surface area contributed by atoms with Crippen LogP contribution in [0.25, 0.3) is 0 Å². The van der Waals surface area contributed by atoms with Crippen molar-refractivity contribution in [2.45, 2.75) is 24.0 Å². The Morgan fingerprint density at radius 3 is 2.70 bits per heavy atom. The summed E-state index contributed by atoms with van der Waals surface area (Å²) < 4.78 is 5.67. The molecule has 0 aliphatic rings. The van der Waals surface area contributed by atoms with E-state index >= 15 is 0 Å². The summed E-state index contributed by atoms with van der Waals surface area (Å²) in [5, 5.41) is 12.3. The van der Waals surface area contributed by atoms with E-state index in [0.29, 0.717) is 10.9 Å². The smallest absolute Gasteiger partial charge is 0.293 e. The van der Waals surface area contributed by atoms with E-state index < -0.39 is 0 Å². The number of nitrogens with zero attached hydrogens (tertiary/aromatic N) is 3. The van der Waals surface area contributed by atoms with Gasteiger partial charge in [-0.2, -0.15) is 0 Å². The number of aryl methyl sites for hydroxylation is 1. The Balaban J connectivity index is 1.53. The number of anilines is 1. The number of benzene rings is 1. The monoisotopic (exact) mass is 402 g/mol. The molecule has 1 aromatic carbocycles. The summed E-state index contributed by atoms with van der Waals surface area (Å²) in [7, 11) is 4.02. The molecule has 0 saturated heterocycles. The molecule has 0 fully saturated rings. The predicted molar refractivity (Wildman–Crippen MR) is 110 cm³/mol. The van der Waals surface area contributed by atoms with Gasteiger partial charge in [-0.25, -0.2) is 0 Å². The van der Waals surface area contributed by atoms with Crippen molar-refractivity contribution in [1.29, 1.82) is 0 Å². The largest absolute Gasteiger partial charge is 0.455 e. The second kappa shape index (κ2) is 9.16. The Bertz CT molecular complexity index is 887. The molecule has 0 saturated carbocycles. The maximum absolute atomic E-state index is 12.3. The second-order valence-electron chi connectivity index (χ2n) is 6.38. The highest BCUT2D eigenvalue weighted by molar-refractivity contribution is 7.98. The Morgan fingerprint density at radius 1 is 1.19 bits per heavy atom. The molecule has 3 aromatic rings. The van der Waals surface area contributed by atoms with Gasteiger partial charge in [0.25, 0.3) is 5.91 Å². The van der Waals surface area contributed by atoms with E-state index in [1.54, 1.807) is 17.8 Å². The number of amides is 1. The first kappa shape index (κ1) is 19.6. The fourth-order valence-electron chi connectivity index (χ4n) is 2.25. The Hall–Kier alpha value is -2.16. The molecule has 0 atom stereocenters. The van der Waals surface area contributed by atoms with E-state index in [-0.39, 0.29) is 11.7 Å².